The maximum atomic E-state index is 11.2. The zero-order chi connectivity index (χ0) is 10.8. The van der Waals surface area contributed by atoms with Crippen LogP contribution >= 0.6 is 11.3 Å². The molecule has 0 fully saturated rings. The van der Waals surface area contributed by atoms with Gasteiger partial charge in [-0.25, -0.2) is 4.79 Å². The minimum Gasteiger partial charge on any atom is -0.465 e. The Hall–Kier alpha value is -1.62. The van der Waals surface area contributed by atoms with Gasteiger partial charge in [-0.2, -0.15) is 5.10 Å². The van der Waals surface area contributed by atoms with Crippen LogP contribution in [-0.4, -0.2) is 22.9 Å². The summed E-state index contributed by atoms with van der Waals surface area (Å²) >= 11 is 1.38. The first kappa shape index (κ1) is 9.92. The van der Waals surface area contributed by atoms with Crippen molar-refractivity contribution < 1.29 is 9.53 Å². The van der Waals surface area contributed by atoms with E-state index in [9.17, 15) is 4.79 Å². The monoisotopic (exact) mass is 222 g/mol. The Morgan fingerprint density at radius 2 is 2.27 bits per heavy atom. The molecule has 0 unspecified atom stereocenters. The fourth-order valence-corrected chi connectivity index (χ4v) is 2.12. The second-order valence-electron chi connectivity index (χ2n) is 3.03. The van der Waals surface area contributed by atoms with E-state index in [-0.39, 0.29) is 5.97 Å². The highest BCUT2D eigenvalue weighted by Crippen LogP contribution is 2.26. The number of rotatable bonds is 2. The van der Waals surface area contributed by atoms with Crippen LogP contribution in [0.1, 0.15) is 9.67 Å². The van der Waals surface area contributed by atoms with E-state index in [0.29, 0.717) is 4.88 Å². The number of carbonyl (C=O) groups is 1. The highest BCUT2D eigenvalue weighted by molar-refractivity contribution is 7.17. The van der Waals surface area contributed by atoms with Gasteiger partial charge in [-0.3, -0.25) is 4.68 Å². The standard InChI is InChI=1S/C10H10N2O2S/c1-12-6-5-7(11-12)8-3-4-9(15-8)10(13)14-2/h3-6H,1-2H3. The van der Waals surface area contributed by atoms with Crippen LogP contribution in [0.3, 0.4) is 0 Å². The third kappa shape index (κ3) is 1.92. The molecule has 2 heterocycles. The highest BCUT2D eigenvalue weighted by Gasteiger charge is 2.11. The van der Waals surface area contributed by atoms with Gasteiger partial charge in [-0.05, 0) is 18.2 Å². The van der Waals surface area contributed by atoms with E-state index in [1.165, 1.54) is 18.4 Å². The number of hydrogen-bond donors (Lipinski definition) is 0. The fourth-order valence-electron chi connectivity index (χ4n) is 1.23. The van der Waals surface area contributed by atoms with Gasteiger partial charge in [0, 0.05) is 13.2 Å². The quantitative estimate of drug-likeness (QED) is 0.729. The van der Waals surface area contributed by atoms with Gasteiger partial charge < -0.3 is 4.74 Å². The molecule has 0 aliphatic carbocycles. The average molecular weight is 222 g/mol. The van der Waals surface area contributed by atoms with E-state index >= 15 is 0 Å². The molecule has 0 saturated carbocycles. The number of ether oxygens (including phenoxy) is 1. The van der Waals surface area contributed by atoms with E-state index < -0.39 is 0 Å². The van der Waals surface area contributed by atoms with Gasteiger partial charge in [0.05, 0.1) is 12.0 Å². The van der Waals surface area contributed by atoms with E-state index in [1.807, 2.05) is 25.4 Å². The number of aromatic nitrogens is 2. The minimum atomic E-state index is -0.304. The average Bonchev–Trinajstić information content (AvgIpc) is 2.84. The second kappa shape index (κ2) is 3.86. The molecule has 0 amide bonds. The summed E-state index contributed by atoms with van der Waals surface area (Å²) in [6.45, 7) is 0. The summed E-state index contributed by atoms with van der Waals surface area (Å²) in [5.41, 5.74) is 0.873. The van der Waals surface area contributed by atoms with E-state index in [1.54, 1.807) is 10.7 Å². The molecule has 5 heteroatoms. The second-order valence-corrected chi connectivity index (χ2v) is 4.11. The smallest absolute Gasteiger partial charge is 0.348 e. The topological polar surface area (TPSA) is 44.1 Å². The Kier molecular flexibility index (Phi) is 2.55. The lowest BCUT2D eigenvalue weighted by Crippen LogP contribution is -1.96. The SMILES string of the molecule is COC(=O)c1ccc(-c2ccn(C)n2)s1. The Morgan fingerprint density at radius 1 is 1.47 bits per heavy atom. The van der Waals surface area contributed by atoms with Gasteiger partial charge in [-0.1, -0.05) is 0 Å². The molecule has 15 heavy (non-hydrogen) atoms. The molecule has 0 bridgehead atoms. The van der Waals surface area contributed by atoms with Gasteiger partial charge in [0.15, 0.2) is 0 Å². The van der Waals surface area contributed by atoms with Crippen molar-refractivity contribution in [3.63, 3.8) is 0 Å². The van der Waals surface area contributed by atoms with Crippen molar-refractivity contribution in [3.8, 4) is 10.6 Å². The summed E-state index contributed by atoms with van der Waals surface area (Å²) in [4.78, 5) is 12.8. The van der Waals surface area contributed by atoms with Crippen LogP contribution < -0.4 is 0 Å². The molecule has 4 nitrogen and oxygen atoms in total. The Bertz CT molecular complexity index is 487. The van der Waals surface area contributed by atoms with Crippen LogP contribution in [0.25, 0.3) is 10.6 Å². The molecule has 0 spiro atoms. The molecule has 0 atom stereocenters. The lowest BCUT2D eigenvalue weighted by Gasteiger charge is -1.92. The molecule has 2 aromatic rings. The fraction of sp³-hybridized carbons (Fsp3) is 0.200. The first-order chi connectivity index (χ1) is 7.20. The molecule has 0 aliphatic heterocycles. The van der Waals surface area contributed by atoms with Crippen LogP contribution in [-0.2, 0) is 11.8 Å². The van der Waals surface area contributed by atoms with Crippen molar-refractivity contribution in [2.75, 3.05) is 7.11 Å². The summed E-state index contributed by atoms with van der Waals surface area (Å²) in [6, 6.07) is 5.53. The normalized spacial score (nSPS) is 10.3. The lowest BCUT2D eigenvalue weighted by atomic mass is 10.3. The minimum absolute atomic E-state index is 0.304. The summed E-state index contributed by atoms with van der Waals surface area (Å²) < 4.78 is 6.37. The predicted octanol–water partition coefficient (Wildman–Crippen LogP) is 1.94. The van der Waals surface area contributed by atoms with Crippen molar-refractivity contribution >= 4 is 17.3 Å². The molecule has 0 radical (unpaired) electrons. The lowest BCUT2D eigenvalue weighted by molar-refractivity contribution is 0.0606. The summed E-state index contributed by atoms with van der Waals surface area (Å²) in [6.07, 6.45) is 1.87. The highest BCUT2D eigenvalue weighted by atomic mass is 32.1. The molecule has 0 N–H and O–H groups in total. The maximum Gasteiger partial charge on any atom is 0.348 e. The van der Waals surface area contributed by atoms with Crippen molar-refractivity contribution in [3.05, 3.63) is 29.3 Å². The molecule has 78 valence electrons. The Labute approximate surface area is 91.1 Å². The number of carbonyl (C=O) groups excluding carboxylic acids is 1. The first-order valence-electron chi connectivity index (χ1n) is 4.39. The number of aryl methyl sites for hydroxylation is 1. The zero-order valence-electron chi connectivity index (χ0n) is 8.43. The van der Waals surface area contributed by atoms with Crippen LogP contribution in [0.15, 0.2) is 24.4 Å². The molecular formula is C10H10N2O2S. The summed E-state index contributed by atoms with van der Waals surface area (Å²) in [7, 11) is 3.24. The molecule has 0 aliphatic rings. The molecule has 2 aromatic heterocycles. The maximum absolute atomic E-state index is 11.2. The number of methoxy groups -OCH3 is 1. The Balaban J connectivity index is 2.31. The van der Waals surface area contributed by atoms with Crippen molar-refractivity contribution in [2.45, 2.75) is 0 Å². The van der Waals surface area contributed by atoms with Gasteiger partial charge >= 0.3 is 5.97 Å². The number of hydrogen-bond acceptors (Lipinski definition) is 4. The van der Waals surface area contributed by atoms with Crippen molar-refractivity contribution in [1.29, 1.82) is 0 Å². The number of thiophene rings is 1. The van der Waals surface area contributed by atoms with E-state index in [4.69, 9.17) is 0 Å². The van der Waals surface area contributed by atoms with Gasteiger partial charge in [-0.15, -0.1) is 11.3 Å². The third-order valence-corrected chi connectivity index (χ3v) is 3.05. The van der Waals surface area contributed by atoms with Crippen LogP contribution in [0.5, 0.6) is 0 Å². The van der Waals surface area contributed by atoms with Gasteiger partial charge in [0.1, 0.15) is 10.6 Å². The molecule has 2 rings (SSSR count). The van der Waals surface area contributed by atoms with Gasteiger partial charge in [0.25, 0.3) is 0 Å². The molecule has 0 aromatic carbocycles. The summed E-state index contributed by atoms with van der Waals surface area (Å²) in [5, 5.41) is 4.25. The third-order valence-electron chi connectivity index (χ3n) is 1.96. The van der Waals surface area contributed by atoms with Crippen molar-refractivity contribution in [2.24, 2.45) is 7.05 Å². The van der Waals surface area contributed by atoms with Crippen LogP contribution in [0.2, 0.25) is 0 Å². The molecular weight excluding hydrogens is 212 g/mol. The zero-order valence-corrected chi connectivity index (χ0v) is 9.25. The predicted molar refractivity (Wildman–Crippen MR) is 57.9 cm³/mol. The number of esters is 1. The van der Waals surface area contributed by atoms with Crippen molar-refractivity contribution in [1.82, 2.24) is 9.78 Å². The van der Waals surface area contributed by atoms with Gasteiger partial charge in [0.2, 0.25) is 0 Å². The first-order valence-corrected chi connectivity index (χ1v) is 5.20. The van der Waals surface area contributed by atoms with E-state index in [2.05, 4.69) is 9.84 Å². The van der Waals surface area contributed by atoms with E-state index in [0.717, 1.165) is 10.6 Å². The summed E-state index contributed by atoms with van der Waals surface area (Å²) in [5.74, 6) is -0.304. The molecule has 0 saturated heterocycles. The largest absolute Gasteiger partial charge is 0.465 e. The Morgan fingerprint density at radius 3 is 2.87 bits per heavy atom. The number of nitrogens with zero attached hydrogens (tertiary/aromatic N) is 2. The van der Waals surface area contributed by atoms with Crippen LogP contribution in [0.4, 0.5) is 0 Å². The van der Waals surface area contributed by atoms with Crippen LogP contribution in [0, 0.1) is 0 Å².